The number of nitrogens with one attached hydrogen (secondary N) is 1. The summed E-state index contributed by atoms with van der Waals surface area (Å²) in [7, 11) is 2.11. The summed E-state index contributed by atoms with van der Waals surface area (Å²) in [5, 5.41) is 6.92. The molecule has 0 amide bonds. The highest BCUT2D eigenvalue weighted by molar-refractivity contribution is 7.99. The lowest BCUT2D eigenvalue weighted by Crippen LogP contribution is -2.25. The molecular formula is C28H38N2S2. The Hall–Kier alpha value is -1.62. The molecule has 0 aliphatic carbocycles. The van der Waals surface area contributed by atoms with E-state index >= 15 is 0 Å². The van der Waals surface area contributed by atoms with E-state index < -0.39 is 0 Å². The lowest BCUT2D eigenvalue weighted by atomic mass is 10.0. The third kappa shape index (κ3) is 8.38. The first kappa shape index (κ1) is 25.0. The zero-order valence-corrected chi connectivity index (χ0v) is 21.5. The fraction of sp³-hybridized carbons (Fsp3) is 0.464. The molecule has 0 aliphatic heterocycles. The van der Waals surface area contributed by atoms with Crippen LogP contribution in [0.2, 0.25) is 0 Å². The summed E-state index contributed by atoms with van der Waals surface area (Å²) < 4.78 is 0. The number of pyridine rings is 1. The number of hydrogen-bond donors (Lipinski definition) is 1. The molecule has 0 fully saturated rings. The van der Waals surface area contributed by atoms with Gasteiger partial charge in [0, 0.05) is 23.0 Å². The zero-order chi connectivity index (χ0) is 22.6. The van der Waals surface area contributed by atoms with Gasteiger partial charge >= 0.3 is 0 Å². The molecule has 0 bridgehead atoms. The summed E-state index contributed by atoms with van der Waals surface area (Å²) in [6, 6.07) is 20.3. The topological polar surface area (TPSA) is 24.9 Å². The van der Waals surface area contributed by atoms with Crippen LogP contribution in [-0.2, 0) is 12.8 Å². The quantitative estimate of drug-likeness (QED) is 0.194. The molecule has 0 saturated carbocycles. The summed E-state index contributed by atoms with van der Waals surface area (Å²) in [5.41, 5.74) is 4.02. The zero-order valence-electron chi connectivity index (χ0n) is 19.8. The van der Waals surface area contributed by atoms with Crippen molar-refractivity contribution in [2.24, 2.45) is 0 Å². The Morgan fingerprint density at radius 1 is 0.938 bits per heavy atom. The van der Waals surface area contributed by atoms with E-state index in [0.717, 1.165) is 18.6 Å². The summed E-state index contributed by atoms with van der Waals surface area (Å²) in [6.07, 6.45) is 8.48. The highest BCUT2D eigenvalue weighted by atomic mass is 32.2. The number of rotatable bonds is 14. The normalized spacial score (nSPS) is 12.4. The van der Waals surface area contributed by atoms with Crippen LogP contribution in [0.4, 0.5) is 0 Å². The number of hydrogen-bond acceptors (Lipinski definition) is 4. The standard InChI is InChI=1S/C28H38N2S2/c1-22(2)27-18-16-24(21-26-14-10-20-31-26)28(30-27)32-19-9-5-8-13-25(29-3)17-15-23-11-6-4-7-12-23/h4,6-7,10-12,14,16,18,20,22,25,29H,5,8-9,13,15,17,19,21H2,1-3H3. The molecule has 2 nitrogen and oxygen atoms in total. The maximum absolute atomic E-state index is 5.02. The monoisotopic (exact) mass is 466 g/mol. The Labute approximate surface area is 203 Å². The predicted octanol–water partition coefficient (Wildman–Crippen LogP) is 7.73. The molecule has 0 saturated heterocycles. The Morgan fingerprint density at radius 3 is 2.50 bits per heavy atom. The van der Waals surface area contributed by atoms with E-state index in [1.54, 1.807) is 0 Å². The van der Waals surface area contributed by atoms with E-state index in [-0.39, 0.29) is 0 Å². The number of aryl methyl sites for hydroxylation is 1. The average Bonchev–Trinajstić information content (AvgIpc) is 3.32. The molecule has 3 aromatic rings. The van der Waals surface area contributed by atoms with Gasteiger partial charge in [-0.3, -0.25) is 0 Å². The highest BCUT2D eigenvalue weighted by Gasteiger charge is 2.11. The lowest BCUT2D eigenvalue weighted by Gasteiger charge is -2.16. The van der Waals surface area contributed by atoms with Crippen LogP contribution < -0.4 is 5.32 Å². The number of thioether (sulfide) groups is 1. The molecule has 4 heteroatoms. The van der Waals surface area contributed by atoms with Crippen molar-refractivity contribution in [3.63, 3.8) is 0 Å². The molecule has 0 spiro atoms. The second kappa shape index (κ2) is 13.8. The summed E-state index contributed by atoms with van der Waals surface area (Å²) in [4.78, 5) is 6.44. The molecule has 2 aromatic heterocycles. The molecule has 0 aliphatic rings. The minimum Gasteiger partial charge on any atom is -0.317 e. The van der Waals surface area contributed by atoms with Crippen molar-refractivity contribution in [3.05, 3.63) is 81.7 Å². The van der Waals surface area contributed by atoms with Crippen molar-refractivity contribution in [2.45, 2.75) is 75.8 Å². The van der Waals surface area contributed by atoms with Crippen LogP contribution in [0.5, 0.6) is 0 Å². The largest absolute Gasteiger partial charge is 0.317 e. The SMILES string of the molecule is CNC(CCCCCSc1nc(C(C)C)ccc1Cc1cccs1)CCc1ccccc1. The second-order valence-electron chi connectivity index (χ2n) is 8.82. The van der Waals surface area contributed by atoms with E-state index in [1.807, 2.05) is 23.1 Å². The van der Waals surface area contributed by atoms with Crippen molar-refractivity contribution in [1.29, 1.82) is 0 Å². The van der Waals surface area contributed by atoms with E-state index in [1.165, 1.54) is 58.8 Å². The summed E-state index contributed by atoms with van der Waals surface area (Å²) in [5.74, 6) is 1.62. The Balaban J connectivity index is 1.41. The highest BCUT2D eigenvalue weighted by Crippen LogP contribution is 2.28. The van der Waals surface area contributed by atoms with Gasteiger partial charge in [0.2, 0.25) is 0 Å². The van der Waals surface area contributed by atoms with Crippen molar-refractivity contribution in [3.8, 4) is 0 Å². The Bertz CT molecular complexity index is 891. The number of unbranched alkanes of at least 4 members (excludes halogenated alkanes) is 2. The predicted molar refractivity (Wildman–Crippen MR) is 142 cm³/mol. The van der Waals surface area contributed by atoms with Crippen LogP contribution >= 0.6 is 23.1 Å². The summed E-state index contributed by atoms with van der Waals surface area (Å²) in [6.45, 7) is 4.46. The van der Waals surface area contributed by atoms with Gasteiger partial charge in [-0.1, -0.05) is 69.2 Å². The molecule has 1 atom stereocenters. The van der Waals surface area contributed by atoms with Gasteiger partial charge in [-0.25, -0.2) is 4.98 Å². The molecule has 3 rings (SSSR count). The van der Waals surface area contributed by atoms with Crippen molar-refractivity contribution < 1.29 is 0 Å². The van der Waals surface area contributed by atoms with Gasteiger partial charge in [-0.15, -0.1) is 23.1 Å². The van der Waals surface area contributed by atoms with Gasteiger partial charge in [0.25, 0.3) is 0 Å². The first-order chi connectivity index (χ1) is 15.7. The molecule has 1 N–H and O–H groups in total. The van der Waals surface area contributed by atoms with Gasteiger partial charge in [0.05, 0.1) is 5.03 Å². The van der Waals surface area contributed by atoms with Gasteiger partial charge in [-0.05, 0) is 73.0 Å². The number of nitrogens with zero attached hydrogens (tertiary/aromatic N) is 1. The number of thiophene rings is 1. The van der Waals surface area contributed by atoms with E-state index in [9.17, 15) is 0 Å². The van der Waals surface area contributed by atoms with E-state index in [4.69, 9.17) is 4.98 Å². The minimum absolute atomic E-state index is 0.472. The minimum atomic E-state index is 0.472. The smallest absolute Gasteiger partial charge is 0.0998 e. The maximum atomic E-state index is 5.02. The van der Waals surface area contributed by atoms with Crippen LogP contribution in [0.1, 0.15) is 73.6 Å². The van der Waals surface area contributed by atoms with Gasteiger partial charge in [-0.2, -0.15) is 0 Å². The molecule has 32 heavy (non-hydrogen) atoms. The molecule has 172 valence electrons. The molecule has 1 unspecified atom stereocenters. The van der Waals surface area contributed by atoms with Crippen molar-refractivity contribution in [1.82, 2.24) is 10.3 Å². The van der Waals surface area contributed by atoms with Crippen LogP contribution in [0, 0.1) is 0 Å². The van der Waals surface area contributed by atoms with Crippen molar-refractivity contribution in [2.75, 3.05) is 12.8 Å². The van der Waals surface area contributed by atoms with Crippen molar-refractivity contribution >= 4 is 23.1 Å². The lowest BCUT2D eigenvalue weighted by molar-refractivity contribution is 0.465. The van der Waals surface area contributed by atoms with Crippen LogP contribution in [0.25, 0.3) is 0 Å². The van der Waals surface area contributed by atoms with Gasteiger partial charge in [0.15, 0.2) is 0 Å². The van der Waals surface area contributed by atoms with Crippen LogP contribution in [0.15, 0.2) is 65.0 Å². The van der Waals surface area contributed by atoms with Gasteiger partial charge < -0.3 is 5.32 Å². The first-order valence-electron chi connectivity index (χ1n) is 12.0. The van der Waals surface area contributed by atoms with E-state index in [2.05, 4.69) is 86.2 Å². The van der Waals surface area contributed by atoms with E-state index in [0.29, 0.717) is 12.0 Å². The van der Waals surface area contributed by atoms with Gasteiger partial charge in [0.1, 0.15) is 0 Å². The Kier molecular flexibility index (Phi) is 10.8. The van der Waals surface area contributed by atoms with Crippen LogP contribution in [-0.4, -0.2) is 23.8 Å². The fourth-order valence-electron chi connectivity index (χ4n) is 3.92. The first-order valence-corrected chi connectivity index (χ1v) is 13.9. The Morgan fingerprint density at radius 2 is 1.78 bits per heavy atom. The number of aromatic nitrogens is 1. The second-order valence-corrected chi connectivity index (χ2v) is 10.9. The summed E-state index contributed by atoms with van der Waals surface area (Å²) >= 11 is 3.79. The molecule has 0 radical (unpaired) electrons. The maximum Gasteiger partial charge on any atom is 0.0998 e. The third-order valence-electron chi connectivity index (χ3n) is 5.97. The van der Waals surface area contributed by atoms with Crippen LogP contribution in [0.3, 0.4) is 0 Å². The number of benzene rings is 1. The molecule has 2 heterocycles. The third-order valence-corrected chi connectivity index (χ3v) is 7.96. The fourth-order valence-corrected chi connectivity index (χ4v) is 5.69. The molecular weight excluding hydrogens is 428 g/mol. The average molecular weight is 467 g/mol. The molecule has 1 aromatic carbocycles.